The number of nitrogens with one attached hydrogen (secondary N) is 1. The Labute approximate surface area is 195 Å². The van der Waals surface area contributed by atoms with Crippen LogP contribution in [0, 0.1) is 0 Å². The first-order valence-electron chi connectivity index (χ1n) is 9.53. The van der Waals surface area contributed by atoms with Crippen molar-refractivity contribution in [1.29, 1.82) is 0 Å². The summed E-state index contributed by atoms with van der Waals surface area (Å²) in [6, 6.07) is 8.70. The molecule has 3 aromatic rings. The average molecular weight is 500 g/mol. The van der Waals surface area contributed by atoms with E-state index in [0.717, 1.165) is 16.8 Å². The normalized spacial score (nSPS) is 12.2. The van der Waals surface area contributed by atoms with Crippen LogP contribution in [0.2, 0.25) is 5.02 Å². The van der Waals surface area contributed by atoms with Crippen LogP contribution in [0.15, 0.2) is 48.5 Å². The number of carboxylic acid groups (broad SMARTS) is 1. The van der Waals surface area contributed by atoms with Crippen molar-refractivity contribution < 1.29 is 42.8 Å². The first-order valence-corrected chi connectivity index (χ1v) is 9.91. The number of hydrogen-bond acceptors (Lipinski definition) is 6. The molecular formula is C21H17ClF3N3O6. The van der Waals surface area contributed by atoms with Crippen molar-refractivity contribution in [3.05, 3.63) is 64.8 Å². The van der Waals surface area contributed by atoms with E-state index in [4.69, 9.17) is 16.3 Å². The van der Waals surface area contributed by atoms with Crippen molar-refractivity contribution in [2.24, 2.45) is 0 Å². The smallest absolute Gasteiger partial charge is 0.435 e. The fraction of sp³-hybridized carbons (Fsp3) is 0.190. The highest BCUT2D eigenvalue weighted by Crippen LogP contribution is 2.33. The summed E-state index contributed by atoms with van der Waals surface area (Å²) in [6.45, 7) is -0.821. The van der Waals surface area contributed by atoms with E-state index in [-0.39, 0.29) is 17.1 Å². The maximum absolute atomic E-state index is 13.2. The highest BCUT2D eigenvalue weighted by molar-refractivity contribution is 6.32. The average Bonchev–Trinajstić information content (AvgIpc) is 3.19. The van der Waals surface area contributed by atoms with Gasteiger partial charge >= 0.3 is 12.1 Å². The minimum atomic E-state index is -4.79. The van der Waals surface area contributed by atoms with Crippen molar-refractivity contribution >= 4 is 23.5 Å². The van der Waals surface area contributed by atoms with Crippen LogP contribution < -0.4 is 10.1 Å². The Kier molecular flexibility index (Phi) is 7.20. The SMILES string of the molecule is O=C(COc1cc(C(F)(F)F)nn1-c1ccccc1Cl)N[C@@H](Cc1ccc(O)c(O)c1)C(=O)O. The molecule has 0 unspecified atom stereocenters. The predicted molar refractivity (Wildman–Crippen MR) is 112 cm³/mol. The van der Waals surface area contributed by atoms with Gasteiger partial charge in [0.15, 0.2) is 23.8 Å². The van der Waals surface area contributed by atoms with Gasteiger partial charge in [0.2, 0.25) is 5.88 Å². The lowest BCUT2D eigenvalue weighted by atomic mass is 10.1. The van der Waals surface area contributed by atoms with Crippen LogP contribution >= 0.6 is 11.6 Å². The van der Waals surface area contributed by atoms with Crippen LogP contribution in [0.3, 0.4) is 0 Å². The van der Waals surface area contributed by atoms with Gasteiger partial charge in [0.05, 0.1) is 10.7 Å². The molecule has 0 aliphatic heterocycles. The molecule has 0 saturated heterocycles. The number of rotatable bonds is 8. The number of carboxylic acids is 1. The molecule has 4 N–H and O–H groups in total. The number of ether oxygens (including phenoxy) is 1. The number of aromatic hydroxyl groups is 2. The first kappa shape index (κ1) is 24.7. The van der Waals surface area contributed by atoms with E-state index in [0.29, 0.717) is 11.6 Å². The van der Waals surface area contributed by atoms with Crippen molar-refractivity contribution in [1.82, 2.24) is 15.1 Å². The molecule has 1 heterocycles. The summed E-state index contributed by atoms with van der Waals surface area (Å²) < 4.78 is 45.5. The van der Waals surface area contributed by atoms with E-state index in [2.05, 4.69) is 10.4 Å². The van der Waals surface area contributed by atoms with Crippen molar-refractivity contribution in [2.45, 2.75) is 18.6 Å². The van der Waals surface area contributed by atoms with Gasteiger partial charge in [-0.3, -0.25) is 4.79 Å². The predicted octanol–water partition coefficient (Wildman–Crippen LogP) is 3.15. The molecule has 0 spiro atoms. The van der Waals surface area contributed by atoms with Gasteiger partial charge in [-0.1, -0.05) is 29.8 Å². The summed E-state index contributed by atoms with van der Waals surface area (Å²) in [4.78, 5) is 23.8. The van der Waals surface area contributed by atoms with Crippen molar-refractivity contribution in [3.8, 4) is 23.1 Å². The number of aliphatic carboxylic acids is 1. The fourth-order valence-electron chi connectivity index (χ4n) is 2.91. The van der Waals surface area contributed by atoms with Gasteiger partial charge in [-0.15, -0.1) is 0 Å². The Balaban J connectivity index is 1.75. The van der Waals surface area contributed by atoms with Crippen LogP contribution in [-0.4, -0.2) is 49.6 Å². The maximum Gasteiger partial charge on any atom is 0.435 e. The molecule has 1 amide bonds. The maximum atomic E-state index is 13.2. The van der Waals surface area contributed by atoms with Crippen LogP contribution in [0.25, 0.3) is 5.69 Å². The molecule has 0 aliphatic carbocycles. The second-order valence-corrected chi connectivity index (χ2v) is 7.41. The summed E-state index contributed by atoms with van der Waals surface area (Å²) in [5.74, 6) is -3.64. The van der Waals surface area contributed by atoms with Gasteiger partial charge in [0, 0.05) is 12.5 Å². The number of phenolic OH excluding ortho intramolecular Hbond substituents is 2. The molecule has 0 saturated carbocycles. The number of phenols is 2. The molecule has 2 aromatic carbocycles. The number of carbonyl (C=O) groups is 2. The number of hydrogen-bond donors (Lipinski definition) is 4. The van der Waals surface area contributed by atoms with Crippen LogP contribution in [0.4, 0.5) is 13.2 Å². The van der Waals surface area contributed by atoms with Gasteiger partial charge in [-0.05, 0) is 29.8 Å². The molecule has 0 radical (unpaired) electrons. The van der Waals surface area contributed by atoms with Crippen LogP contribution in [0.1, 0.15) is 11.3 Å². The third-order valence-corrected chi connectivity index (χ3v) is 4.83. The molecule has 0 fully saturated rings. The number of carbonyl (C=O) groups excluding carboxylic acids is 1. The lowest BCUT2D eigenvalue weighted by Gasteiger charge is -2.16. The number of amides is 1. The Morgan fingerprint density at radius 1 is 1.12 bits per heavy atom. The molecule has 0 bridgehead atoms. The zero-order chi connectivity index (χ0) is 25.0. The minimum absolute atomic E-state index is 0.0747. The summed E-state index contributed by atoms with van der Waals surface area (Å²) >= 11 is 6.04. The molecule has 1 atom stereocenters. The third kappa shape index (κ3) is 5.90. The third-order valence-electron chi connectivity index (χ3n) is 4.51. The lowest BCUT2D eigenvalue weighted by molar-refractivity contribution is -0.142. The topological polar surface area (TPSA) is 134 Å². The van der Waals surface area contributed by atoms with Gasteiger partial charge in [-0.25, -0.2) is 4.79 Å². The van der Waals surface area contributed by atoms with E-state index < -0.39 is 53.8 Å². The molecule has 180 valence electrons. The minimum Gasteiger partial charge on any atom is -0.504 e. The standard InChI is InChI=1S/C21H17ClF3N3O6/c22-12-3-1-2-4-14(12)28-19(9-17(27-28)21(23,24)25)34-10-18(31)26-13(20(32)33)7-11-5-6-15(29)16(30)8-11/h1-6,8-9,13,29-30H,7,10H2,(H,26,31)(H,32,33)/t13-/m0/s1. The van der Waals surface area contributed by atoms with Gasteiger partial charge in [-0.2, -0.15) is 23.0 Å². The van der Waals surface area contributed by atoms with Crippen molar-refractivity contribution in [3.63, 3.8) is 0 Å². The second kappa shape index (κ2) is 9.91. The zero-order valence-electron chi connectivity index (χ0n) is 17.1. The van der Waals surface area contributed by atoms with E-state index in [9.17, 15) is 38.1 Å². The zero-order valence-corrected chi connectivity index (χ0v) is 17.8. The molecule has 9 nitrogen and oxygen atoms in total. The monoisotopic (exact) mass is 499 g/mol. The summed E-state index contributed by atoms with van der Waals surface area (Å²) in [6.07, 6.45) is -5.04. The van der Waals surface area contributed by atoms with Crippen LogP contribution in [0.5, 0.6) is 17.4 Å². The number of nitrogens with zero attached hydrogens (tertiary/aromatic N) is 2. The highest BCUT2D eigenvalue weighted by Gasteiger charge is 2.36. The van der Waals surface area contributed by atoms with Crippen molar-refractivity contribution in [2.75, 3.05) is 6.61 Å². The van der Waals surface area contributed by atoms with E-state index in [1.165, 1.54) is 24.3 Å². The van der Waals surface area contributed by atoms with Gasteiger partial charge in [0.25, 0.3) is 5.91 Å². The summed E-state index contributed by atoms with van der Waals surface area (Å²) in [5.41, 5.74) is -0.903. The van der Waals surface area contributed by atoms with E-state index in [1.54, 1.807) is 6.07 Å². The van der Waals surface area contributed by atoms with Crippen LogP contribution in [-0.2, 0) is 22.2 Å². The Hall–Kier alpha value is -3.93. The lowest BCUT2D eigenvalue weighted by Crippen LogP contribution is -2.44. The number of benzene rings is 2. The Morgan fingerprint density at radius 3 is 2.44 bits per heavy atom. The molecule has 0 aliphatic rings. The second-order valence-electron chi connectivity index (χ2n) is 7.00. The van der Waals surface area contributed by atoms with Gasteiger partial charge in [0.1, 0.15) is 6.04 Å². The molecule has 1 aromatic heterocycles. The largest absolute Gasteiger partial charge is 0.504 e. The molecule has 13 heteroatoms. The van der Waals surface area contributed by atoms with E-state index in [1.807, 2.05) is 0 Å². The summed E-state index contributed by atoms with van der Waals surface area (Å²) in [5, 5.41) is 34.0. The van der Waals surface area contributed by atoms with Gasteiger partial charge < -0.3 is 25.4 Å². The Morgan fingerprint density at radius 2 is 1.82 bits per heavy atom. The molecule has 3 rings (SSSR count). The van der Waals surface area contributed by atoms with E-state index >= 15 is 0 Å². The number of para-hydroxylation sites is 1. The molecular weight excluding hydrogens is 483 g/mol. The number of aromatic nitrogens is 2. The quantitative estimate of drug-likeness (QED) is 0.350. The summed E-state index contributed by atoms with van der Waals surface area (Å²) in [7, 11) is 0. The Bertz CT molecular complexity index is 1210. The number of alkyl halides is 3. The fourth-order valence-corrected chi connectivity index (χ4v) is 3.12. The number of halogens is 4. The molecule has 34 heavy (non-hydrogen) atoms. The first-order chi connectivity index (χ1) is 16.0. The highest BCUT2D eigenvalue weighted by atomic mass is 35.5.